The second-order valence-corrected chi connectivity index (χ2v) is 17.3. The molecule has 4 nitrogen and oxygen atoms in total. The fraction of sp³-hybridized carbons (Fsp3) is 0.0172. The molecular weight excluding hydrogens is 787 g/mol. The lowest BCUT2D eigenvalue weighted by Gasteiger charge is -2.39. The van der Waals surface area contributed by atoms with Gasteiger partial charge in [0.1, 0.15) is 11.2 Å². The van der Waals surface area contributed by atoms with Gasteiger partial charge in [-0.15, -0.1) is 0 Å². The molecule has 0 saturated heterocycles. The van der Waals surface area contributed by atoms with Crippen LogP contribution in [-0.2, 0) is 5.41 Å². The van der Waals surface area contributed by atoms with Crippen molar-refractivity contribution >= 4 is 33.7 Å². The van der Waals surface area contributed by atoms with Crippen molar-refractivity contribution in [1.82, 2.24) is 15.0 Å². The number of furan rings is 1. The van der Waals surface area contributed by atoms with E-state index in [0.717, 1.165) is 49.8 Å². The van der Waals surface area contributed by atoms with Crippen LogP contribution in [0.1, 0.15) is 22.3 Å². The van der Waals surface area contributed by atoms with Crippen LogP contribution in [0.4, 0.5) is 0 Å². The molecule has 1 spiro atoms. The van der Waals surface area contributed by atoms with Crippen LogP contribution < -0.4 is 0 Å². The van der Waals surface area contributed by atoms with Crippen molar-refractivity contribution in [3.8, 4) is 67.5 Å². The van der Waals surface area contributed by atoms with Gasteiger partial charge in [-0.1, -0.05) is 176 Å². The van der Waals surface area contributed by atoms with Gasteiger partial charge in [-0.05, 0) is 104 Å². The van der Waals surface area contributed by atoms with Gasteiger partial charge in [0, 0.05) is 37.3 Å². The third-order valence-corrected chi connectivity index (χ3v) is 14.0. The van der Waals surface area contributed by atoms with Crippen LogP contribution in [0.3, 0.4) is 0 Å². The molecule has 0 radical (unpaired) electrons. The lowest BCUT2D eigenvalue weighted by molar-refractivity contribution is 0.669. The Balaban J connectivity index is 0.938. The summed E-state index contributed by atoms with van der Waals surface area (Å²) in [6.45, 7) is 0. The summed E-state index contributed by atoms with van der Waals surface area (Å²) in [5.74, 6) is 1.88. The van der Waals surface area contributed by atoms with E-state index in [0.29, 0.717) is 17.5 Å². The predicted octanol–water partition coefficient (Wildman–Crippen LogP) is 14.9. The summed E-state index contributed by atoms with van der Waals surface area (Å²) in [5, 5.41) is 2.05. The number of rotatable bonds is 5. The fourth-order valence-electron chi connectivity index (χ4n) is 10.0. The quantitative estimate of drug-likeness (QED) is 0.173. The zero-order valence-corrected chi connectivity index (χ0v) is 34.7. The fourth-order valence-corrected chi connectivity index (χ4v) is 11.2. The Morgan fingerprint density at radius 2 is 0.794 bits per heavy atom. The van der Waals surface area contributed by atoms with Crippen molar-refractivity contribution in [2.45, 2.75) is 15.2 Å². The molecule has 63 heavy (non-hydrogen) atoms. The van der Waals surface area contributed by atoms with Gasteiger partial charge >= 0.3 is 0 Å². The number of hydrogen-bond donors (Lipinski definition) is 0. The molecule has 1 aliphatic heterocycles. The van der Waals surface area contributed by atoms with Gasteiger partial charge in [-0.3, -0.25) is 0 Å². The number of hydrogen-bond acceptors (Lipinski definition) is 5. The summed E-state index contributed by atoms with van der Waals surface area (Å²) < 4.78 is 6.45. The Morgan fingerprint density at radius 1 is 0.333 bits per heavy atom. The van der Waals surface area contributed by atoms with Crippen molar-refractivity contribution in [1.29, 1.82) is 0 Å². The molecule has 2 aromatic heterocycles. The lowest BCUT2D eigenvalue weighted by Crippen LogP contribution is -2.31. The SMILES string of the molecule is c1ccc(-c2nc(-c3ccccc3)nc(-c3ccc4oc5ccc(-c6cccc(-c7cccc8c7-c7ccccc7C87c8ccccc8Sc8ccccc87)c6)cc5c4c3)n2)cc1. The van der Waals surface area contributed by atoms with E-state index in [9.17, 15) is 0 Å². The van der Waals surface area contributed by atoms with E-state index >= 15 is 0 Å². The molecule has 0 saturated carbocycles. The molecule has 2 aliphatic rings. The second kappa shape index (κ2) is 14.1. The number of benzene rings is 9. The molecule has 13 rings (SSSR count). The zero-order chi connectivity index (χ0) is 41.5. The molecule has 0 atom stereocenters. The maximum Gasteiger partial charge on any atom is 0.164 e. The molecule has 0 N–H and O–H groups in total. The maximum atomic E-state index is 6.45. The van der Waals surface area contributed by atoms with Crippen molar-refractivity contribution in [3.63, 3.8) is 0 Å². The van der Waals surface area contributed by atoms with E-state index in [1.165, 1.54) is 54.3 Å². The smallest absolute Gasteiger partial charge is 0.164 e. The Labute approximate surface area is 368 Å². The molecule has 3 heterocycles. The Bertz CT molecular complexity index is 3510. The minimum Gasteiger partial charge on any atom is -0.456 e. The maximum absolute atomic E-state index is 6.45. The standard InChI is InChI=1S/C58H35N3OS/c1-3-15-36(16-4-1)55-59-56(37-17-5-2-6-18-37)61-57(60-55)41-30-32-51-45(35-41)44-34-39(29-31-50(44)62-51)38-19-13-20-40(33-38)42-22-14-26-49-54(42)43-21-7-8-23-46(43)58(49)47-24-9-11-27-52(47)63-53-28-12-10-25-48(53)58/h1-35H. The van der Waals surface area contributed by atoms with Crippen LogP contribution >= 0.6 is 11.8 Å². The number of nitrogens with zero attached hydrogens (tertiary/aromatic N) is 3. The van der Waals surface area contributed by atoms with Crippen LogP contribution in [0.15, 0.2) is 227 Å². The Morgan fingerprint density at radius 3 is 1.46 bits per heavy atom. The predicted molar refractivity (Wildman–Crippen MR) is 256 cm³/mol. The Kier molecular flexibility index (Phi) is 8.02. The molecule has 0 unspecified atom stereocenters. The first-order valence-corrected chi connectivity index (χ1v) is 22.1. The monoisotopic (exact) mass is 821 g/mol. The first kappa shape index (κ1) is 35.9. The van der Waals surface area contributed by atoms with Crippen molar-refractivity contribution in [2.75, 3.05) is 0 Å². The third kappa shape index (κ3) is 5.53. The largest absolute Gasteiger partial charge is 0.456 e. The van der Waals surface area contributed by atoms with Gasteiger partial charge in [0.05, 0.1) is 5.41 Å². The molecule has 9 aromatic carbocycles. The highest BCUT2D eigenvalue weighted by Gasteiger charge is 2.50. The van der Waals surface area contributed by atoms with Crippen molar-refractivity contribution < 1.29 is 4.42 Å². The van der Waals surface area contributed by atoms with Crippen LogP contribution in [0.5, 0.6) is 0 Å². The van der Waals surface area contributed by atoms with Gasteiger partial charge in [-0.2, -0.15) is 0 Å². The summed E-state index contributed by atoms with van der Waals surface area (Å²) in [5.41, 5.74) is 16.6. The highest BCUT2D eigenvalue weighted by atomic mass is 32.2. The van der Waals surface area contributed by atoms with Gasteiger partial charge < -0.3 is 4.42 Å². The summed E-state index contributed by atoms with van der Waals surface area (Å²) in [4.78, 5) is 17.5. The Hall–Kier alpha value is -7.86. The minimum absolute atomic E-state index is 0.419. The van der Waals surface area contributed by atoms with Gasteiger partial charge in [-0.25, -0.2) is 15.0 Å². The number of aromatic nitrogens is 3. The molecule has 5 heteroatoms. The van der Waals surface area contributed by atoms with Crippen LogP contribution in [0, 0.1) is 0 Å². The van der Waals surface area contributed by atoms with Crippen molar-refractivity contribution in [2.24, 2.45) is 0 Å². The van der Waals surface area contributed by atoms with E-state index < -0.39 is 5.41 Å². The summed E-state index contributed by atoms with van der Waals surface area (Å²) in [6.07, 6.45) is 0. The summed E-state index contributed by atoms with van der Waals surface area (Å²) in [7, 11) is 0. The van der Waals surface area contributed by atoms with Gasteiger partial charge in [0.25, 0.3) is 0 Å². The first-order chi connectivity index (χ1) is 31.2. The van der Waals surface area contributed by atoms with Crippen LogP contribution in [0.25, 0.3) is 89.5 Å². The highest BCUT2D eigenvalue weighted by Crippen LogP contribution is 2.63. The molecule has 294 valence electrons. The lowest BCUT2D eigenvalue weighted by atomic mass is 9.67. The van der Waals surface area contributed by atoms with Crippen LogP contribution in [0.2, 0.25) is 0 Å². The molecule has 0 fully saturated rings. The van der Waals surface area contributed by atoms with E-state index in [1.54, 1.807) is 0 Å². The first-order valence-electron chi connectivity index (χ1n) is 21.3. The second-order valence-electron chi connectivity index (χ2n) is 16.3. The molecular formula is C58H35N3OS. The van der Waals surface area contributed by atoms with E-state index in [2.05, 4.69) is 140 Å². The minimum atomic E-state index is -0.419. The van der Waals surface area contributed by atoms with Gasteiger partial charge in [0.2, 0.25) is 0 Å². The molecule has 0 bridgehead atoms. The van der Waals surface area contributed by atoms with Crippen molar-refractivity contribution in [3.05, 3.63) is 235 Å². The summed E-state index contributed by atoms with van der Waals surface area (Å²) in [6, 6.07) is 75.8. The molecule has 1 aliphatic carbocycles. The highest BCUT2D eigenvalue weighted by molar-refractivity contribution is 7.99. The average Bonchev–Trinajstić information content (AvgIpc) is 3.87. The van der Waals surface area contributed by atoms with Gasteiger partial charge in [0.15, 0.2) is 17.5 Å². The number of fused-ring (bicyclic) bond motifs is 12. The third-order valence-electron chi connectivity index (χ3n) is 12.8. The van der Waals surface area contributed by atoms with E-state index in [1.807, 2.05) is 84.6 Å². The van der Waals surface area contributed by atoms with E-state index in [-0.39, 0.29) is 0 Å². The summed E-state index contributed by atoms with van der Waals surface area (Å²) >= 11 is 1.88. The molecule has 0 amide bonds. The molecule has 11 aromatic rings. The van der Waals surface area contributed by atoms with E-state index in [4.69, 9.17) is 19.4 Å². The van der Waals surface area contributed by atoms with Crippen LogP contribution in [-0.4, -0.2) is 15.0 Å². The zero-order valence-electron chi connectivity index (χ0n) is 33.9. The normalized spacial score (nSPS) is 13.1. The topological polar surface area (TPSA) is 51.8 Å². The average molecular weight is 822 g/mol.